The normalized spacial score (nSPS) is 17.1. The molecule has 1 aromatic carbocycles. The Kier molecular flexibility index (Phi) is 4.11. The molecule has 0 spiro atoms. The summed E-state index contributed by atoms with van der Waals surface area (Å²) in [6, 6.07) is 7.07. The monoisotopic (exact) mass is 270 g/mol. The third kappa shape index (κ3) is 2.90. The Morgan fingerprint density at radius 1 is 1.15 bits per heavy atom. The summed E-state index contributed by atoms with van der Waals surface area (Å²) in [5, 5.41) is 1.44. The lowest BCUT2D eigenvalue weighted by molar-refractivity contribution is 0.414. The highest BCUT2D eigenvalue weighted by atomic mass is 15.0. The first-order chi connectivity index (χ1) is 9.74. The smallest absolute Gasteiger partial charge is 0.0456 e. The van der Waals surface area contributed by atoms with Crippen LogP contribution in [0, 0.1) is 0 Å². The van der Waals surface area contributed by atoms with Crippen LogP contribution in [0.25, 0.3) is 10.9 Å². The van der Waals surface area contributed by atoms with E-state index in [2.05, 4.69) is 48.4 Å². The average Bonchev–Trinajstić information content (AvgIpc) is 2.88. The molecule has 20 heavy (non-hydrogen) atoms. The summed E-state index contributed by atoms with van der Waals surface area (Å²) >= 11 is 0. The van der Waals surface area contributed by atoms with Crippen LogP contribution >= 0.6 is 0 Å². The molecule has 108 valence electrons. The van der Waals surface area contributed by atoms with Crippen molar-refractivity contribution in [2.45, 2.75) is 44.4 Å². The third-order valence-corrected chi connectivity index (χ3v) is 4.70. The zero-order valence-corrected chi connectivity index (χ0v) is 12.8. The fourth-order valence-corrected chi connectivity index (χ4v) is 3.44. The maximum Gasteiger partial charge on any atom is 0.0456 e. The van der Waals surface area contributed by atoms with Crippen LogP contribution < -0.4 is 0 Å². The van der Waals surface area contributed by atoms with Gasteiger partial charge in [0, 0.05) is 23.6 Å². The van der Waals surface area contributed by atoms with Gasteiger partial charge in [-0.25, -0.2) is 0 Å². The Morgan fingerprint density at radius 2 is 1.95 bits per heavy atom. The summed E-state index contributed by atoms with van der Waals surface area (Å²) in [4.78, 5) is 5.68. The summed E-state index contributed by atoms with van der Waals surface area (Å²) in [6.45, 7) is 1.11. The number of aromatic nitrogens is 1. The molecular formula is C18H26N2. The quantitative estimate of drug-likeness (QED) is 0.876. The molecule has 3 rings (SSSR count). The molecule has 2 heteroatoms. The van der Waals surface area contributed by atoms with Gasteiger partial charge in [-0.3, -0.25) is 0 Å². The van der Waals surface area contributed by atoms with Gasteiger partial charge >= 0.3 is 0 Å². The number of fused-ring (bicyclic) bond motifs is 1. The number of hydrogen-bond donors (Lipinski definition) is 1. The highest BCUT2D eigenvalue weighted by Crippen LogP contribution is 2.34. The van der Waals surface area contributed by atoms with Gasteiger partial charge in [-0.1, -0.05) is 25.3 Å². The third-order valence-electron chi connectivity index (χ3n) is 4.70. The molecule has 1 aromatic heterocycles. The van der Waals surface area contributed by atoms with Gasteiger partial charge in [0.15, 0.2) is 0 Å². The molecule has 0 aliphatic heterocycles. The average molecular weight is 270 g/mol. The number of aromatic amines is 1. The fraction of sp³-hybridized carbons (Fsp3) is 0.556. The van der Waals surface area contributed by atoms with Crippen molar-refractivity contribution in [3.8, 4) is 0 Å². The first kappa shape index (κ1) is 13.7. The first-order valence-corrected chi connectivity index (χ1v) is 7.98. The number of likely N-dealkylation sites (N-methyl/N-ethyl adjacent to an activating group) is 1. The van der Waals surface area contributed by atoms with Gasteiger partial charge in [-0.05, 0) is 62.5 Å². The predicted octanol–water partition coefficient (Wildman–Crippen LogP) is 4.32. The molecular weight excluding hydrogens is 244 g/mol. The number of nitrogens with one attached hydrogen (secondary N) is 1. The molecule has 0 bridgehead atoms. The fourth-order valence-electron chi connectivity index (χ4n) is 3.44. The predicted molar refractivity (Wildman–Crippen MR) is 86.4 cm³/mol. The van der Waals surface area contributed by atoms with Gasteiger partial charge in [0.2, 0.25) is 0 Å². The lowest BCUT2D eigenvalue weighted by Crippen LogP contribution is -2.14. The Morgan fingerprint density at radius 3 is 2.70 bits per heavy atom. The van der Waals surface area contributed by atoms with Gasteiger partial charge in [0.1, 0.15) is 0 Å². The Balaban J connectivity index is 1.86. The second kappa shape index (κ2) is 6.01. The summed E-state index contributed by atoms with van der Waals surface area (Å²) in [5.41, 5.74) is 4.31. The minimum absolute atomic E-state index is 0.796. The van der Waals surface area contributed by atoms with Gasteiger partial charge in [-0.15, -0.1) is 0 Å². The number of H-pyrrole nitrogens is 1. The van der Waals surface area contributed by atoms with E-state index in [0.29, 0.717) is 0 Å². The zero-order valence-electron chi connectivity index (χ0n) is 12.8. The van der Waals surface area contributed by atoms with Gasteiger partial charge < -0.3 is 9.88 Å². The van der Waals surface area contributed by atoms with Crippen LogP contribution in [0.1, 0.15) is 49.1 Å². The lowest BCUT2D eigenvalue weighted by Gasteiger charge is -2.22. The van der Waals surface area contributed by atoms with Crippen LogP contribution in [0.4, 0.5) is 0 Å². The molecule has 0 amide bonds. The molecule has 2 aromatic rings. The number of nitrogens with zero attached hydrogens (tertiary/aromatic N) is 1. The van der Waals surface area contributed by atoms with Crippen molar-refractivity contribution in [1.29, 1.82) is 0 Å². The van der Waals surface area contributed by atoms with Gasteiger partial charge in [-0.2, -0.15) is 0 Å². The first-order valence-electron chi connectivity index (χ1n) is 7.98. The molecule has 1 fully saturated rings. The van der Waals surface area contributed by atoms with E-state index in [1.165, 1.54) is 48.6 Å². The summed E-state index contributed by atoms with van der Waals surface area (Å²) < 4.78 is 0. The standard InChI is InChI=1S/C18H26N2/c1-20(2)11-10-16-13-19-18-9-8-15(12-17(16)18)14-6-4-3-5-7-14/h8-9,12-14,19H,3-7,10-11H2,1-2H3. The van der Waals surface area contributed by atoms with E-state index in [1.807, 2.05) is 0 Å². The van der Waals surface area contributed by atoms with Crippen LogP contribution in [0.15, 0.2) is 24.4 Å². The van der Waals surface area contributed by atoms with Crippen molar-refractivity contribution < 1.29 is 0 Å². The van der Waals surface area contributed by atoms with E-state index in [1.54, 1.807) is 5.56 Å². The topological polar surface area (TPSA) is 19.0 Å². The highest BCUT2D eigenvalue weighted by Gasteiger charge is 2.16. The van der Waals surface area contributed by atoms with E-state index >= 15 is 0 Å². The second-order valence-corrected chi connectivity index (χ2v) is 6.51. The highest BCUT2D eigenvalue weighted by molar-refractivity contribution is 5.84. The number of hydrogen-bond acceptors (Lipinski definition) is 1. The molecule has 1 aliphatic rings. The van der Waals surface area contributed by atoms with Crippen molar-refractivity contribution in [1.82, 2.24) is 9.88 Å². The molecule has 1 aliphatic carbocycles. The Bertz CT molecular complexity index is 562. The zero-order chi connectivity index (χ0) is 13.9. The summed E-state index contributed by atoms with van der Waals surface area (Å²) in [5.74, 6) is 0.796. The summed E-state index contributed by atoms with van der Waals surface area (Å²) in [7, 11) is 4.28. The molecule has 2 nitrogen and oxygen atoms in total. The molecule has 0 unspecified atom stereocenters. The molecule has 1 heterocycles. The maximum atomic E-state index is 3.42. The molecule has 0 saturated heterocycles. The molecule has 0 radical (unpaired) electrons. The molecule has 1 N–H and O–H groups in total. The van der Waals surface area contributed by atoms with Gasteiger partial charge in [0.25, 0.3) is 0 Å². The van der Waals surface area contributed by atoms with E-state index in [9.17, 15) is 0 Å². The Labute approximate surface area is 122 Å². The number of benzene rings is 1. The van der Waals surface area contributed by atoms with Crippen LogP contribution in [-0.4, -0.2) is 30.5 Å². The van der Waals surface area contributed by atoms with E-state index in [-0.39, 0.29) is 0 Å². The number of rotatable bonds is 4. The minimum Gasteiger partial charge on any atom is -0.361 e. The van der Waals surface area contributed by atoms with Crippen LogP contribution in [0.5, 0.6) is 0 Å². The van der Waals surface area contributed by atoms with Crippen LogP contribution in [-0.2, 0) is 6.42 Å². The van der Waals surface area contributed by atoms with Crippen LogP contribution in [0.3, 0.4) is 0 Å². The SMILES string of the molecule is CN(C)CCc1c[nH]c2ccc(C3CCCCC3)cc12. The molecule has 1 saturated carbocycles. The van der Waals surface area contributed by atoms with E-state index in [0.717, 1.165) is 18.9 Å². The van der Waals surface area contributed by atoms with E-state index in [4.69, 9.17) is 0 Å². The molecule has 0 atom stereocenters. The summed E-state index contributed by atoms with van der Waals surface area (Å²) in [6.07, 6.45) is 10.3. The van der Waals surface area contributed by atoms with Crippen molar-refractivity contribution >= 4 is 10.9 Å². The lowest BCUT2D eigenvalue weighted by atomic mass is 9.83. The second-order valence-electron chi connectivity index (χ2n) is 6.51. The largest absolute Gasteiger partial charge is 0.361 e. The van der Waals surface area contributed by atoms with Gasteiger partial charge in [0.05, 0.1) is 0 Å². The Hall–Kier alpha value is -1.28. The van der Waals surface area contributed by atoms with Crippen molar-refractivity contribution in [2.75, 3.05) is 20.6 Å². The van der Waals surface area contributed by atoms with Crippen LogP contribution in [0.2, 0.25) is 0 Å². The van der Waals surface area contributed by atoms with E-state index < -0.39 is 0 Å². The maximum absolute atomic E-state index is 3.42. The van der Waals surface area contributed by atoms with Crippen molar-refractivity contribution in [3.63, 3.8) is 0 Å². The minimum atomic E-state index is 0.796. The van der Waals surface area contributed by atoms with Crippen molar-refractivity contribution in [2.24, 2.45) is 0 Å². The van der Waals surface area contributed by atoms with Crippen molar-refractivity contribution in [3.05, 3.63) is 35.5 Å².